The van der Waals surface area contributed by atoms with Gasteiger partial charge in [-0.3, -0.25) is 0 Å². The fourth-order valence-electron chi connectivity index (χ4n) is 5.18. The van der Waals surface area contributed by atoms with Crippen LogP contribution in [0.5, 0.6) is 11.5 Å². The molecule has 10 heteroatoms. The highest BCUT2D eigenvalue weighted by Crippen LogP contribution is 2.37. The Morgan fingerprint density at radius 2 is 1.98 bits per heavy atom. The predicted octanol–water partition coefficient (Wildman–Crippen LogP) is 5.39. The molecule has 0 atom stereocenters. The number of nitrogens with two attached hydrogens (primary N) is 1. The number of aromatic nitrogens is 5. The third-order valence-electron chi connectivity index (χ3n) is 7.22. The van der Waals surface area contributed by atoms with Crippen molar-refractivity contribution in [3.63, 3.8) is 0 Å². The maximum atomic E-state index is 9.90. The number of nitriles is 1. The summed E-state index contributed by atoms with van der Waals surface area (Å²) in [6.07, 6.45) is 11.9. The van der Waals surface area contributed by atoms with Gasteiger partial charge in [0.1, 0.15) is 40.9 Å². The third kappa shape index (κ3) is 5.19. The maximum absolute atomic E-state index is 9.90. The summed E-state index contributed by atoms with van der Waals surface area (Å²) in [4.78, 5) is 12.9. The number of nitrogen functional groups attached to an aromatic ring is 1. The van der Waals surface area contributed by atoms with Crippen molar-refractivity contribution in [2.45, 2.75) is 31.8 Å². The van der Waals surface area contributed by atoms with E-state index >= 15 is 0 Å². The van der Waals surface area contributed by atoms with Gasteiger partial charge in [0.2, 0.25) is 0 Å². The molecule has 0 bridgehead atoms. The topological polar surface area (TPSA) is 129 Å². The van der Waals surface area contributed by atoms with Crippen LogP contribution in [0.4, 0.5) is 11.5 Å². The molecule has 1 aliphatic heterocycles. The Labute approximate surface area is 232 Å². The Morgan fingerprint density at radius 3 is 2.75 bits per heavy atom. The minimum Gasteiger partial charge on any atom is -0.456 e. The monoisotopic (exact) mass is 534 g/mol. The number of ether oxygens (including phenoxy) is 2. The molecule has 1 saturated heterocycles. The molecule has 0 amide bonds. The lowest BCUT2D eigenvalue weighted by molar-refractivity contribution is 0.0706. The maximum Gasteiger partial charge on any atom is 0.147 e. The van der Waals surface area contributed by atoms with Gasteiger partial charge >= 0.3 is 0 Å². The quantitative estimate of drug-likeness (QED) is 0.241. The van der Waals surface area contributed by atoms with E-state index in [1.165, 1.54) is 6.33 Å². The van der Waals surface area contributed by atoms with Crippen LogP contribution in [0.3, 0.4) is 0 Å². The Morgan fingerprint density at radius 1 is 1.12 bits per heavy atom. The van der Waals surface area contributed by atoms with Crippen molar-refractivity contribution in [2.75, 3.05) is 30.8 Å². The van der Waals surface area contributed by atoms with E-state index in [2.05, 4.69) is 37.1 Å². The van der Waals surface area contributed by atoms with Crippen molar-refractivity contribution in [2.24, 2.45) is 0 Å². The van der Waals surface area contributed by atoms with Crippen LogP contribution in [0, 0.1) is 11.3 Å². The first-order valence-corrected chi connectivity index (χ1v) is 13.4. The number of hydrogen-bond donors (Lipinski definition) is 2. The van der Waals surface area contributed by atoms with Crippen LogP contribution in [0.25, 0.3) is 22.2 Å². The van der Waals surface area contributed by atoms with E-state index in [4.69, 9.17) is 15.2 Å². The normalized spacial score (nSPS) is 13.8. The summed E-state index contributed by atoms with van der Waals surface area (Å²) in [5, 5.41) is 14.1. The van der Waals surface area contributed by atoms with Gasteiger partial charge in [-0.25, -0.2) is 15.0 Å². The van der Waals surface area contributed by atoms with Crippen molar-refractivity contribution in [3.8, 4) is 28.7 Å². The highest BCUT2D eigenvalue weighted by atomic mass is 16.5. The second-order valence-electron chi connectivity index (χ2n) is 9.75. The third-order valence-corrected chi connectivity index (χ3v) is 7.22. The molecule has 0 saturated carbocycles. The van der Waals surface area contributed by atoms with Crippen LogP contribution >= 0.6 is 0 Å². The lowest BCUT2D eigenvalue weighted by atomic mass is 10.1. The molecule has 3 N–H and O–H groups in total. The second-order valence-corrected chi connectivity index (χ2v) is 9.75. The van der Waals surface area contributed by atoms with Gasteiger partial charge in [-0.15, -0.1) is 0 Å². The standard InChI is InChI=1S/C30H30N8O2/c31-17-24-26(34-11-2-13-37-14-12-33-20-37)3-1-4-27(24)40-23-7-5-21(6-8-23)25-18-38(22-9-15-39-16-10-22)30-28(25)29(32)35-19-36-30/h1,3-8,12,14,18-20,22,34H,2,9-11,13,15-16H2,(H2,32,35,36). The molecule has 0 radical (unpaired) electrons. The zero-order valence-electron chi connectivity index (χ0n) is 22.0. The highest BCUT2D eigenvalue weighted by Gasteiger charge is 2.22. The van der Waals surface area contributed by atoms with Crippen LogP contribution < -0.4 is 15.8 Å². The van der Waals surface area contributed by atoms with Crippen LogP contribution in [0.15, 0.2) is 73.7 Å². The van der Waals surface area contributed by atoms with Crippen molar-refractivity contribution < 1.29 is 9.47 Å². The smallest absolute Gasteiger partial charge is 0.147 e. The SMILES string of the molecule is N#Cc1c(NCCCn2ccnc2)cccc1Oc1ccc(-c2cn(C3CCOCC3)c3ncnc(N)c23)cc1. The number of benzene rings is 2. The Kier molecular flexibility index (Phi) is 7.28. The summed E-state index contributed by atoms with van der Waals surface area (Å²) in [5.41, 5.74) is 10.3. The fourth-order valence-corrected chi connectivity index (χ4v) is 5.18. The number of nitrogens with one attached hydrogen (secondary N) is 1. The average molecular weight is 535 g/mol. The number of rotatable bonds is 9. The van der Waals surface area contributed by atoms with Crippen molar-refractivity contribution in [1.29, 1.82) is 5.26 Å². The first kappa shape index (κ1) is 25.4. The van der Waals surface area contributed by atoms with Gasteiger partial charge in [0.25, 0.3) is 0 Å². The molecule has 0 unspecified atom stereocenters. The summed E-state index contributed by atoms with van der Waals surface area (Å²) in [6.45, 7) is 3.04. The van der Waals surface area contributed by atoms with Gasteiger partial charge in [-0.05, 0) is 49.1 Å². The number of nitrogens with zero attached hydrogens (tertiary/aromatic N) is 6. The van der Waals surface area contributed by atoms with Gasteiger partial charge in [0.05, 0.1) is 17.4 Å². The van der Waals surface area contributed by atoms with E-state index in [0.717, 1.165) is 73.4 Å². The van der Waals surface area contributed by atoms with Crippen molar-refractivity contribution in [1.82, 2.24) is 24.1 Å². The van der Waals surface area contributed by atoms with E-state index in [-0.39, 0.29) is 0 Å². The molecule has 0 aliphatic carbocycles. The van der Waals surface area contributed by atoms with E-state index in [1.807, 2.05) is 53.2 Å². The Bertz CT molecular complexity index is 1630. The Hall–Kier alpha value is -4.88. The molecule has 3 aromatic heterocycles. The molecule has 2 aromatic carbocycles. The van der Waals surface area contributed by atoms with Crippen LogP contribution in [0.2, 0.25) is 0 Å². The van der Waals surface area contributed by atoms with E-state index in [1.54, 1.807) is 12.5 Å². The fraction of sp³-hybridized carbons (Fsp3) is 0.267. The molecule has 1 fully saturated rings. The molecule has 4 heterocycles. The minimum absolute atomic E-state index is 0.304. The molecule has 0 spiro atoms. The average Bonchev–Trinajstić information content (AvgIpc) is 3.65. The molecule has 1 aliphatic rings. The molecule has 202 valence electrons. The van der Waals surface area contributed by atoms with Gasteiger partial charge in [0.15, 0.2) is 0 Å². The number of hydrogen-bond acceptors (Lipinski definition) is 8. The van der Waals surface area contributed by atoms with Crippen LogP contribution in [-0.4, -0.2) is 43.8 Å². The van der Waals surface area contributed by atoms with E-state index < -0.39 is 0 Å². The summed E-state index contributed by atoms with van der Waals surface area (Å²) in [5.74, 6) is 1.60. The second kappa shape index (κ2) is 11.5. The van der Waals surface area contributed by atoms with Crippen LogP contribution in [-0.2, 0) is 11.3 Å². The zero-order valence-corrected chi connectivity index (χ0v) is 22.0. The molecule has 6 rings (SSSR count). The van der Waals surface area contributed by atoms with Gasteiger partial charge in [-0.2, -0.15) is 5.26 Å². The van der Waals surface area contributed by atoms with E-state index in [0.29, 0.717) is 28.9 Å². The summed E-state index contributed by atoms with van der Waals surface area (Å²) < 4.78 is 16.0. The van der Waals surface area contributed by atoms with Crippen molar-refractivity contribution >= 4 is 22.5 Å². The summed E-state index contributed by atoms with van der Waals surface area (Å²) in [6, 6.07) is 16.0. The summed E-state index contributed by atoms with van der Waals surface area (Å²) in [7, 11) is 0. The van der Waals surface area contributed by atoms with Gasteiger partial charge < -0.3 is 29.7 Å². The first-order chi connectivity index (χ1) is 19.7. The molecule has 40 heavy (non-hydrogen) atoms. The van der Waals surface area contributed by atoms with Crippen LogP contribution in [0.1, 0.15) is 30.9 Å². The molecule has 5 aromatic rings. The number of fused-ring (bicyclic) bond motifs is 1. The van der Waals surface area contributed by atoms with Crippen molar-refractivity contribution in [3.05, 3.63) is 79.3 Å². The number of anilines is 2. The molecular weight excluding hydrogens is 504 g/mol. The first-order valence-electron chi connectivity index (χ1n) is 13.4. The largest absolute Gasteiger partial charge is 0.456 e. The number of imidazole rings is 1. The lowest BCUT2D eigenvalue weighted by Gasteiger charge is -2.24. The zero-order chi connectivity index (χ0) is 27.3. The summed E-state index contributed by atoms with van der Waals surface area (Å²) >= 11 is 0. The van der Waals surface area contributed by atoms with Gasteiger partial charge in [0, 0.05) is 56.5 Å². The molecule has 10 nitrogen and oxygen atoms in total. The van der Waals surface area contributed by atoms with E-state index in [9.17, 15) is 5.26 Å². The highest BCUT2D eigenvalue weighted by molar-refractivity contribution is 6.00. The Balaban J connectivity index is 1.21. The number of aryl methyl sites for hydroxylation is 1. The molecular formula is C30H30N8O2. The predicted molar refractivity (Wildman–Crippen MR) is 153 cm³/mol. The van der Waals surface area contributed by atoms with Gasteiger partial charge in [-0.1, -0.05) is 18.2 Å². The lowest BCUT2D eigenvalue weighted by Crippen LogP contribution is -2.19. The minimum atomic E-state index is 0.304.